The van der Waals surface area contributed by atoms with Crippen LogP contribution in [-0.4, -0.2) is 54.4 Å². The van der Waals surface area contributed by atoms with Crippen molar-refractivity contribution in [2.45, 2.75) is 135 Å². The third kappa shape index (κ3) is 10.4. The van der Waals surface area contributed by atoms with E-state index in [1.165, 1.54) is 57.8 Å². The molecule has 3 heterocycles. The first-order chi connectivity index (χ1) is 20.0. The Hall–Kier alpha value is -2.95. The molecule has 0 bridgehead atoms. The molecule has 2 aliphatic rings. The van der Waals surface area contributed by atoms with Gasteiger partial charge in [0.2, 0.25) is 24.1 Å². The van der Waals surface area contributed by atoms with Gasteiger partial charge in [0.15, 0.2) is 6.10 Å². The first-order valence-electron chi connectivity index (χ1n) is 15.6. The predicted octanol–water partition coefficient (Wildman–Crippen LogP) is 4.49. The third-order valence-electron chi connectivity index (χ3n) is 7.45. The average molecular weight is 578 g/mol. The van der Waals surface area contributed by atoms with Crippen LogP contribution in [0.4, 0.5) is 5.82 Å². The minimum Gasteiger partial charge on any atom is -0.463 e. The van der Waals surface area contributed by atoms with Crippen molar-refractivity contribution in [3.8, 4) is 6.01 Å². The second-order valence-electron chi connectivity index (χ2n) is 10.7. The van der Waals surface area contributed by atoms with E-state index in [1.807, 2.05) is 0 Å². The fourth-order valence-electron chi connectivity index (χ4n) is 5.03. The van der Waals surface area contributed by atoms with E-state index in [9.17, 15) is 14.4 Å². The molecule has 2 aliphatic heterocycles. The molecule has 1 saturated heterocycles. The lowest BCUT2D eigenvalue weighted by Gasteiger charge is -2.20. The van der Waals surface area contributed by atoms with E-state index in [4.69, 9.17) is 18.9 Å². The summed E-state index contributed by atoms with van der Waals surface area (Å²) in [6.45, 7) is 5.87. The highest BCUT2D eigenvalue weighted by Crippen LogP contribution is 2.36. The summed E-state index contributed by atoms with van der Waals surface area (Å²) in [6, 6.07) is 2.06. The molecule has 2 N–H and O–H groups in total. The minimum absolute atomic E-state index is 0.0125. The number of rotatable bonds is 20. The Morgan fingerprint density at radius 1 is 0.927 bits per heavy atom. The minimum atomic E-state index is -0.745. The first kappa shape index (κ1) is 32.6. The number of fused-ring (bicyclic) bond motifs is 3. The Kier molecular flexibility index (Phi) is 14.1. The molecule has 1 amide bonds. The molecule has 0 unspecified atom stereocenters. The van der Waals surface area contributed by atoms with Gasteiger partial charge >= 0.3 is 17.9 Å². The summed E-state index contributed by atoms with van der Waals surface area (Å²) in [6.07, 6.45) is 13.9. The molecule has 0 spiro atoms. The zero-order valence-electron chi connectivity index (χ0n) is 25.0. The number of carbonyl (C=O) groups excluding carboxylic acids is 3. The molecular formula is C30H49N4O7+. The second-order valence-corrected chi connectivity index (χ2v) is 10.7. The second kappa shape index (κ2) is 17.8. The Balaban J connectivity index is 1.36. The van der Waals surface area contributed by atoms with Gasteiger partial charge in [-0.05, 0) is 6.42 Å². The van der Waals surface area contributed by atoms with Crippen molar-refractivity contribution in [2.75, 3.05) is 18.6 Å². The van der Waals surface area contributed by atoms with Gasteiger partial charge in [-0.15, -0.1) is 0 Å². The zero-order valence-corrected chi connectivity index (χ0v) is 25.0. The maximum Gasteiger partial charge on any atom is 0.503 e. The molecule has 230 valence electrons. The van der Waals surface area contributed by atoms with Gasteiger partial charge in [0.25, 0.3) is 0 Å². The van der Waals surface area contributed by atoms with Crippen molar-refractivity contribution in [1.82, 2.24) is 10.3 Å². The van der Waals surface area contributed by atoms with Gasteiger partial charge < -0.3 is 29.6 Å². The van der Waals surface area contributed by atoms with Gasteiger partial charge in [-0.2, -0.15) is 4.57 Å². The number of esters is 2. The Morgan fingerprint density at radius 3 is 2.24 bits per heavy atom. The molecule has 11 nitrogen and oxygen atoms in total. The number of amides is 1. The maximum atomic E-state index is 12.2. The predicted molar refractivity (Wildman–Crippen MR) is 152 cm³/mol. The topological polar surface area (TPSA) is 129 Å². The van der Waals surface area contributed by atoms with Crippen LogP contribution < -0.4 is 19.9 Å². The van der Waals surface area contributed by atoms with Crippen LogP contribution in [0, 0.1) is 0 Å². The van der Waals surface area contributed by atoms with Crippen LogP contribution in [0.2, 0.25) is 0 Å². The largest absolute Gasteiger partial charge is 0.503 e. The van der Waals surface area contributed by atoms with Crippen LogP contribution in [0.25, 0.3) is 0 Å². The van der Waals surface area contributed by atoms with Crippen LogP contribution in [0.5, 0.6) is 6.01 Å². The van der Waals surface area contributed by atoms with E-state index in [-0.39, 0.29) is 38.0 Å². The van der Waals surface area contributed by atoms with Crippen molar-refractivity contribution in [3.63, 3.8) is 0 Å². The van der Waals surface area contributed by atoms with Crippen molar-refractivity contribution < 1.29 is 37.9 Å². The van der Waals surface area contributed by atoms with Crippen molar-refractivity contribution in [1.29, 1.82) is 0 Å². The number of aromatic nitrogens is 2. The maximum absolute atomic E-state index is 12.2. The molecule has 1 fully saturated rings. The Morgan fingerprint density at radius 2 is 1.59 bits per heavy atom. The first-order valence-corrected chi connectivity index (χ1v) is 15.6. The monoisotopic (exact) mass is 577 g/mol. The number of hydrogen-bond donors (Lipinski definition) is 2. The van der Waals surface area contributed by atoms with Crippen molar-refractivity contribution in [3.05, 3.63) is 12.3 Å². The molecule has 4 atom stereocenters. The normalized spacial score (nSPS) is 20.6. The molecule has 1 aromatic heterocycles. The number of nitrogens with zero attached hydrogens (tertiary/aromatic N) is 2. The molecular weight excluding hydrogens is 528 g/mol. The number of hydrogen-bond acceptors (Lipinski definition) is 9. The average Bonchev–Trinajstić information content (AvgIpc) is 3.49. The summed E-state index contributed by atoms with van der Waals surface area (Å²) in [5.41, 5.74) is 0. The lowest BCUT2D eigenvalue weighted by atomic mass is 10.1. The molecule has 11 heteroatoms. The van der Waals surface area contributed by atoms with E-state index in [1.54, 1.807) is 30.7 Å². The zero-order chi connectivity index (χ0) is 29.5. The van der Waals surface area contributed by atoms with Crippen LogP contribution in [-0.2, 0) is 28.6 Å². The van der Waals surface area contributed by atoms with Crippen molar-refractivity contribution >= 4 is 23.7 Å². The lowest BCUT2D eigenvalue weighted by molar-refractivity contribution is -0.746. The Bertz CT molecular complexity index is 976. The van der Waals surface area contributed by atoms with Gasteiger partial charge in [0.05, 0.1) is 6.67 Å². The molecule has 0 aliphatic carbocycles. The molecule has 0 radical (unpaired) electrons. The van der Waals surface area contributed by atoms with Crippen LogP contribution in [0.1, 0.15) is 117 Å². The van der Waals surface area contributed by atoms with Crippen LogP contribution in [0.3, 0.4) is 0 Å². The smallest absolute Gasteiger partial charge is 0.463 e. The van der Waals surface area contributed by atoms with E-state index in [2.05, 4.69) is 22.5 Å². The summed E-state index contributed by atoms with van der Waals surface area (Å²) in [7, 11) is 0. The number of nitrogens with one attached hydrogen (secondary N) is 2. The van der Waals surface area contributed by atoms with E-state index in [0.29, 0.717) is 18.2 Å². The molecule has 3 rings (SSSR count). The van der Waals surface area contributed by atoms with Crippen molar-refractivity contribution in [2.24, 2.45) is 0 Å². The lowest BCUT2D eigenvalue weighted by Crippen LogP contribution is -2.41. The quantitative estimate of drug-likeness (QED) is 0.0997. The third-order valence-corrected chi connectivity index (χ3v) is 7.45. The van der Waals surface area contributed by atoms with E-state index < -0.39 is 30.5 Å². The van der Waals surface area contributed by atoms with Crippen LogP contribution >= 0.6 is 0 Å². The summed E-state index contributed by atoms with van der Waals surface area (Å²) in [5.74, 6) is -0.210. The highest BCUT2D eigenvalue weighted by atomic mass is 16.7. The highest BCUT2D eigenvalue weighted by molar-refractivity contribution is 5.76. The van der Waals surface area contributed by atoms with Gasteiger partial charge in [0, 0.05) is 30.3 Å². The molecule has 1 aromatic rings. The van der Waals surface area contributed by atoms with Gasteiger partial charge in [-0.3, -0.25) is 14.4 Å². The number of carbonyl (C=O) groups is 3. The van der Waals surface area contributed by atoms with E-state index in [0.717, 1.165) is 12.8 Å². The Labute approximate surface area is 244 Å². The van der Waals surface area contributed by atoms with Gasteiger partial charge in [0.1, 0.15) is 18.9 Å². The molecule has 41 heavy (non-hydrogen) atoms. The van der Waals surface area contributed by atoms with Crippen LogP contribution in [0.15, 0.2) is 12.3 Å². The highest BCUT2D eigenvalue weighted by Gasteiger charge is 2.58. The number of ether oxygens (including phenoxy) is 4. The standard InChI is InChI=1S/C30H48N4O7/c1-4-7-8-9-10-11-12-13-14-15-16-17-24(35)32-21-31-23-18-19-34-29-28(41-30(34)33-23)27(40-26(37)6-3)22(39-29)20-38-25(36)5-2/h18-19,22,27-29H,4-17,20-21H2,1-3H3,(H,32,35)/p+1/t22-,27-,28+,29-/m1/s1. The van der Waals surface area contributed by atoms with Gasteiger partial charge in [-0.25, -0.2) is 0 Å². The fraction of sp³-hybridized carbons (Fsp3) is 0.767. The molecule has 0 saturated carbocycles. The van der Waals surface area contributed by atoms with Gasteiger partial charge in [-0.1, -0.05) is 85.0 Å². The summed E-state index contributed by atoms with van der Waals surface area (Å²) in [5, 5.41) is 5.98. The number of unbranched alkanes of at least 4 members (excludes halogenated alkanes) is 10. The fourth-order valence-corrected chi connectivity index (χ4v) is 5.03. The summed E-state index contributed by atoms with van der Waals surface area (Å²) < 4.78 is 24.7. The SMILES string of the molecule is CCCCCCCCCCCCCC(=O)NCNc1cc[n+]2c(n1)O[C@H]1[C@H](OC(=O)CC)[C@@H](COC(=O)CC)O[C@H]12. The summed E-state index contributed by atoms with van der Waals surface area (Å²) in [4.78, 5) is 40.4. The number of anilines is 1. The molecule has 0 aromatic carbocycles. The summed E-state index contributed by atoms with van der Waals surface area (Å²) >= 11 is 0. The van der Waals surface area contributed by atoms with E-state index >= 15 is 0 Å².